The molecule has 0 bridgehead atoms. The van der Waals surface area contributed by atoms with Gasteiger partial charge in [0, 0.05) is 36.4 Å². The number of nitrogens with zero attached hydrogens (tertiary/aromatic N) is 1. The molecule has 6 heteroatoms. The summed E-state index contributed by atoms with van der Waals surface area (Å²) in [5.41, 5.74) is 3.26. The van der Waals surface area contributed by atoms with Crippen molar-refractivity contribution in [3.8, 4) is 0 Å². The molecule has 1 saturated heterocycles. The number of benzene rings is 3. The van der Waals surface area contributed by atoms with Crippen molar-refractivity contribution in [3.63, 3.8) is 0 Å². The Labute approximate surface area is 200 Å². The molecule has 0 radical (unpaired) electrons. The van der Waals surface area contributed by atoms with Crippen molar-refractivity contribution in [3.05, 3.63) is 101 Å². The topological polar surface area (TPSA) is 78.5 Å². The van der Waals surface area contributed by atoms with Crippen molar-refractivity contribution in [2.45, 2.75) is 19.8 Å². The van der Waals surface area contributed by atoms with E-state index in [0.29, 0.717) is 36.3 Å². The van der Waals surface area contributed by atoms with Crippen molar-refractivity contribution in [2.24, 2.45) is 5.92 Å². The summed E-state index contributed by atoms with van der Waals surface area (Å²) in [6.07, 6.45) is 1.78. The summed E-state index contributed by atoms with van der Waals surface area (Å²) in [4.78, 5) is 40.5. The third-order valence-electron chi connectivity index (χ3n) is 6.11. The lowest BCUT2D eigenvalue weighted by atomic mass is 9.94. The molecule has 1 fully saturated rings. The van der Waals surface area contributed by atoms with Gasteiger partial charge in [0.05, 0.1) is 5.56 Å². The van der Waals surface area contributed by atoms with Crippen LogP contribution in [0.3, 0.4) is 0 Å². The second-order valence-corrected chi connectivity index (χ2v) is 8.70. The molecule has 1 unspecified atom stereocenters. The first-order chi connectivity index (χ1) is 16.5. The van der Waals surface area contributed by atoms with E-state index in [9.17, 15) is 14.4 Å². The number of rotatable bonds is 6. The third kappa shape index (κ3) is 5.70. The van der Waals surface area contributed by atoms with Gasteiger partial charge in [-0.3, -0.25) is 9.59 Å². The van der Waals surface area contributed by atoms with Crippen molar-refractivity contribution in [1.82, 2.24) is 10.2 Å². The number of piperidine rings is 1. The number of aryl methyl sites for hydroxylation is 1. The molecule has 0 aromatic heterocycles. The zero-order valence-electron chi connectivity index (χ0n) is 19.3. The number of nitrogens with one attached hydrogen (secondary N) is 2. The van der Waals surface area contributed by atoms with Crippen LogP contribution in [0.1, 0.15) is 44.7 Å². The van der Waals surface area contributed by atoms with Crippen molar-refractivity contribution in [2.75, 3.05) is 25.0 Å². The molecule has 0 aliphatic carbocycles. The largest absolute Gasteiger partial charge is 0.338 e. The van der Waals surface area contributed by atoms with Crippen LogP contribution in [0, 0.1) is 12.8 Å². The van der Waals surface area contributed by atoms with E-state index >= 15 is 0 Å². The minimum absolute atomic E-state index is 0.145. The number of urea groups is 1. The highest BCUT2D eigenvalue weighted by molar-refractivity contribution is 6.15. The highest BCUT2D eigenvalue weighted by Crippen LogP contribution is 2.21. The lowest BCUT2D eigenvalue weighted by Gasteiger charge is -2.33. The lowest BCUT2D eigenvalue weighted by molar-refractivity contribution is 0.0672. The maximum Gasteiger partial charge on any atom is 0.319 e. The zero-order valence-corrected chi connectivity index (χ0v) is 19.3. The van der Waals surface area contributed by atoms with Crippen LogP contribution in [0.2, 0.25) is 0 Å². The summed E-state index contributed by atoms with van der Waals surface area (Å²) < 4.78 is 0. The Bertz CT molecular complexity index is 1160. The Morgan fingerprint density at radius 3 is 2.29 bits per heavy atom. The Balaban J connectivity index is 1.38. The molecule has 1 aliphatic heterocycles. The molecule has 3 amide bonds. The molecule has 1 heterocycles. The fourth-order valence-corrected chi connectivity index (χ4v) is 4.25. The molecule has 1 atom stereocenters. The molecule has 174 valence electrons. The van der Waals surface area contributed by atoms with Crippen molar-refractivity contribution in [1.29, 1.82) is 0 Å². The number of carbonyl (C=O) groups excluding carboxylic acids is 3. The fraction of sp³-hybridized carbons (Fsp3) is 0.250. The number of likely N-dealkylation sites (tertiary alicyclic amines) is 1. The van der Waals surface area contributed by atoms with Crippen LogP contribution in [0.15, 0.2) is 78.9 Å². The van der Waals surface area contributed by atoms with Gasteiger partial charge in [-0.15, -0.1) is 0 Å². The maximum atomic E-state index is 13.4. The van der Waals surface area contributed by atoms with E-state index < -0.39 is 0 Å². The van der Waals surface area contributed by atoms with Crippen LogP contribution in [0.4, 0.5) is 10.5 Å². The molecule has 0 spiro atoms. The monoisotopic (exact) mass is 455 g/mol. The standard InChI is InChI=1S/C28H29N3O3/c1-20-13-15-23(16-14-20)30-28(34)29-18-21-8-7-17-31(19-21)27(33)25-12-6-5-11-24(25)26(32)22-9-3-2-4-10-22/h2-6,9-16,21H,7-8,17-19H2,1H3,(H2,29,30,34). The van der Waals surface area contributed by atoms with Crippen molar-refractivity contribution < 1.29 is 14.4 Å². The molecule has 6 nitrogen and oxygen atoms in total. The van der Waals surface area contributed by atoms with Gasteiger partial charge in [-0.05, 0) is 43.9 Å². The van der Waals surface area contributed by atoms with Gasteiger partial charge in [0.25, 0.3) is 5.91 Å². The predicted molar refractivity (Wildman–Crippen MR) is 133 cm³/mol. The fourth-order valence-electron chi connectivity index (χ4n) is 4.25. The summed E-state index contributed by atoms with van der Waals surface area (Å²) >= 11 is 0. The first-order valence-corrected chi connectivity index (χ1v) is 11.6. The van der Waals surface area contributed by atoms with Crippen LogP contribution in [-0.2, 0) is 0 Å². The summed E-state index contributed by atoms with van der Waals surface area (Å²) in [5.74, 6) is -0.153. The quantitative estimate of drug-likeness (QED) is 0.519. The molecular weight excluding hydrogens is 426 g/mol. The Hall–Kier alpha value is -3.93. The number of hydrogen-bond donors (Lipinski definition) is 2. The smallest absolute Gasteiger partial charge is 0.319 e. The third-order valence-corrected chi connectivity index (χ3v) is 6.11. The van der Waals surface area contributed by atoms with E-state index in [1.165, 1.54) is 0 Å². The van der Waals surface area contributed by atoms with E-state index in [2.05, 4.69) is 10.6 Å². The summed E-state index contributed by atoms with van der Waals surface area (Å²) in [5, 5.41) is 5.76. The van der Waals surface area contributed by atoms with Crippen molar-refractivity contribution >= 4 is 23.4 Å². The molecule has 3 aromatic carbocycles. The van der Waals surface area contributed by atoms with Gasteiger partial charge in [0.15, 0.2) is 5.78 Å². The summed E-state index contributed by atoms with van der Waals surface area (Å²) in [6, 6.07) is 23.4. The summed E-state index contributed by atoms with van der Waals surface area (Å²) in [7, 11) is 0. The van der Waals surface area contributed by atoms with E-state index in [-0.39, 0.29) is 23.6 Å². The van der Waals surface area contributed by atoms with Gasteiger partial charge in [-0.25, -0.2) is 4.79 Å². The van der Waals surface area contributed by atoms with E-state index in [1.807, 2.05) is 49.4 Å². The van der Waals surface area contributed by atoms with Gasteiger partial charge in [-0.2, -0.15) is 0 Å². The molecule has 0 saturated carbocycles. The average Bonchev–Trinajstić information content (AvgIpc) is 2.88. The minimum Gasteiger partial charge on any atom is -0.338 e. The predicted octanol–water partition coefficient (Wildman–Crippen LogP) is 4.90. The number of carbonyl (C=O) groups is 3. The van der Waals surface area contributed by atoms with Crippen LogP contribution < -0.4 is 10.6 Å². The molecule has 1 aliphatic rings. The summed E-state index contributed by atoms with van der Waals surface area (Å²) in [6.45, 7) is 3.65. The number of anilines is 1. The van der Waals surface area contributed by atoms with E-state index in [1.54, 1.807) is 41.3 Å². The highest BCUT2D eigenvalue weighted by atomic mass is 16.2. The number of hydrogen-bond acceptors (Lipinski definition) is 3. The molecule has 3 aromatic rings. The molecule has 4 rings (SSSR count). The van der Waals surface area contributed by atoms with Crippen LogP contribution in [0.5, 0.6) is 0 Å². The van der Waals surface area contributed by atoms with E-state index in [0.717, 1.165) is 24.1 Å². The number of amides is 3. The van der Waals surface area contributed by atoms with Gasteiger partial charge in [0.1, 0.15) is 0 Å². The first-order valence-electron chi connectivity index (χ1n) is 11.6. The Kier molecular flexibility index (Phi) is 7.38. The second kappa shape index (κ2) is 10.8. The Morgan fingerprint density at radius 1 is 0.882 bits per heavy atom. The molecule has 34 heavy (non-hydrogen) atoms. The van der Waals surface area contributed by atoms with Crippen LogP contribution in [-0.4, -0.2) is 42.3 Å². The molecular formula is C28H29N3O3. The normalized spacial score (nSPS) is 15.4. The SMILES string of the molecule is Cc1ccc(NC(=O)NCC2CCCN(C(=O)c3ccccc3C(=O)c3ccccc3)C2)cc1. The van der Waals surface area contributed by atoms with Crippen LogP contribution in [0.25, 0.3) is 0 Å². The van der Waals surface area contributed by atoms with Gasteiger partial charge >= 0.3 is 6.03 Å². The van der Waals surface area contributed by atoms with Gasteiger partial charge < -0.3 is 15.5 Å². The maximum absolute atomic E-state index is 13.4. The number of ketones is 1. The second-order valence-electron chi connectivity index (χ2n) is 8.70. The lowest BCUT2D eigenvalue weighted by Crippen LogP contribution is -2.44. The molecule has 2 N–H and O–H groups in total. The van der Waals surface area contributed by atoms with Crippen LogP contribution >= 0.6 is 0 Å². The van der Waals surface area contributed by atoms with E-state index in [4.69, 9.17) is 0 Å². The van der Waals surface area contributed by atoms with Gasteiger partial charge in [-0.1, -0.05) is 66.2 Å². The Morgan fingerprint density at radius 2 is 1.56 bits per heavy atom. The highest BCUT2D eigenvalue weighted by Gasteiger charge is 2.27. The minimum atomic E-state index is -0.258. The average molecular weight is 456 g/mol. The zero-order chi connectivity index (χ0) is 23.9. The first kappa shape index (κ1) is 23.2. The van der Waals surface area contributed by atoms with Gasteiger partial charge in [0.2, 0.25) is 0 Å².